The van der Waals surface area contributed by atoms with Crippen LogP contribution in [0, 0.1) is 5.92 Å². The minimum Gasteiger partial charge on any atom is -0.273 e. The molecule has 1 amide bonds. The Labute approximate surface area is 106 Å². The molecule has 0 aromatic heterocycles. The van der Waals surface area contributed by atoms with Crippen molar-refractivity contribution in [3.8, 4) is 0 Å². The topological polar surface area (TPSA) is 75.6 Å². The van der Waals surface area contributed by atoms with Gasteiger partial charge in [-0.25, -0.2) is 13.8 Å². The SMILES string of the molecule is O=C(N/N=C\c1ccccc1)[C@H]1CCS(=O)(=O)C1. The Morgan fingerprint density at radius 3 is 2.67 bits per heavy atom. The summed E-state index contributed by atoms with van der Waals surface area (Å²) in [4.78, 5) is 11.6. The molecule has 1 aromatic carbocycles. The van der Waals surface area contributed by atoms with E-state index in [0.29, 0.717) is 6.42 Å². The van der Waals surface area contributed by atoms with Crippen LogP contribution in [0.3, 0.4) is 0 Å². The lowest BCUT2D eigenvalue weighted by atomic mass is 10.1. The number of nitrogens with zero attached hydrogens (tertiary/aromatic N) is 1. The number of sulfone groups is 1. The van der Waals surface area contributed by atoms with Crippen LogP contribution in [-0.4, -0.2) is 32.0 Å². The van der Waals surface area contributed by atoms with Gasteiger partial charge in [-0.2, -0.15) is 5.10 Å². The maximum absolute atomic E-state index is 11.6. The summed E-state index contributed by atoms with van der Waals surface area (Å²) in [6.07, 6.45) is 1.91. The average molecular weight is 266 g/mol. The number of amides is 1. The van der Waals surface area contributed by atoms with Gasteiger partial charge in [0.05, 0.1) is 23.6 Å². The number of hydrogen-bond donors (Lipinski definition) is 1. The second-order valence-electron chi connectivity index (χ2n) is 4.24. The van der Waals surface area contributed by atoms with E-state index in [1.807, 2.05) is 30.3 Å². The quantitative estimate of drug-likeness (QED) is 0.642. The van der Waals surface area contributed by atoms with Crippen LogP contribution < -0.4 is 5.43 Å². The van der Waals surface area contributed by atoms with E-state index in [2.05, 4.69) is 10.5 Å². The average Bonchev–Trinajstić information content (AvgIpc) is 2.71. The normalized spacial score (nSPS) is 22.1. The molecule has 1 N–H and O–H groups in total. The first-order chi connectivity index (χ1) is 8.57. The van der Waals surface area contributed by atoms with Crippen LogP contribution in [-0.2, 0) is 14.6 Å². The summed E-state index contributed by atoms with van der Waals surface area (Å²) >= 11 is 0. The first-order valence-electron chi connectivity index (χ1n) is 5.65. The molecule has 96 valence electrons. The first-order valence-corrected chi connectivity index (χ1v) is 7.47. The maximum atomic E-state index is 11.6. The third-order valence-electron chi connectivity index (χ3n) is 2.79. The van der Waals surface area contributed by atoms with Crippen LogP contribution in [0.4, 0.5) is 0 Å². The van der Waals surface area contributed by atoms with Crippen molar-refractivity contribution in [2.24, 2.45) is 11.0 Å². The Kier molecular flexibility index (Phi) is 3.76. The zero-order chi connectivity index (χ0) is 13.0. The standard InChI is InChI=1S/C12H14N2O3S/c15-12(11-6-7-18(16,17)9-11)14-13-8-10-4-2-1-3-5-10/h1-5,8,11H,6-7,9H2,(H,14,15)/b13-8-/t11-/m0/s1. The predicted octanol–water partition coefficient (Wildman–Crippen LogP) is 0.571. The van der Waals surface area contributed by atoms with Crippen molar-refractivity contribution in [1.29, 1.82) is 0 Å². The molecule has 1 aromatic rings. The van der Waals surface area contributed by atoms with E-state index in [1.165, 1.54) is 6.21 Å². The minimum absolute atomic E-state index is 0.0698. The van der Waals surface area contributed by atoms with Crippen molar-refractivity contribution in [3.63, 3.8) is 0 Å². The molecule has 5 nitrogen and oxygen atoms in total. The predicted molar refractivity (Wildman–Crippen MR) is 68.9 cm³/mol. The van der Waals surface area contributed by atoms with E-state index in [-0.39, 0.29) is 17.4 Å². The van der Waals surface area contributed by atoms with Gasteiger partial charge in [-0.15, -0.1) is 0 Å². The fourth-order valence-corrected chi connectivity index (χ4v) is 3.54. The number of rotatable bonds is 3. The van der Waals surface area contributed by atoms with Crippen LogP contribution in [0.1, 0.15) is 12.0 Å². The molecule has 2 rings (SSSR count). The molecular formula is C12H14N2O3S. The number of hydrogen-bond acceptors (Lipinski definition) is 4. The fraction of sp³-hybridized carbons (Fsp3) is 0.333. The van der Waals surface area contributed by atoms with Gasteiger partial charge in [0.1, 0.15) is 0 Å². The molecule has 0 unspecified atom stereocenters. The van der Waals surface area contributed by atoms with E-state index >= 15 is 0 Å². The Morgan fingerprint density at radius 2 is 2.06 bits per heavy atom. The van der Waals surface area contributed by atoms with E-state index in [0.717, 1.165) is 5.56 Å². The van der Waals surface area contributed by atoms with Crippen LogP contribution in [0.2, 0.25) is 0 Å². The molecule has 1 fully saturated rings. The highest BCUT2D eigenvalue weighted by Crippen LogP contribution is 2.18. The lowest BCUT2D eigenvalue weighted by molar-refractivity contribution is -0.124. The minimum atomic E-state index is -3.03. The van der Waals surface area contributed by atoms with Gasteiger partial charge < -0.3 is 0 Å². The fourth-order valence-electron chi connectivity index (χ4n) is 1.80. The van der Waals surface area contributed by atoms with Crippen molar-refractivity contribution in [1.82, 2.24) is 5.43 Å². The van der Waals surface area contributed by atoms with Crippen LogP contribution in [0.25, 0.3) is 0 Å². The van der Waals surface area contributed by atoms with Gasteiger partial charge in [-0.05, 0) is 12.0 Å². The summed E-state index contributed by atoms with van der Waals surface area (Å²) in [5, 5.41) is 3.81. The molecule has 18 heavy (non-hydrogen) atoms. The summed E-state index contributed by atoms with van der Waals surface area (Å²) in [5.74, 6) is -0.779. The highest BCUT2D eigenvalue weighted by atomic mass is 32.2. The zero-order valence-corrected chi connectivity index (χ0v) is 10.6. The van der Waals surface area contributed by atoms with E-state index in [4.69, 9.17) is 0 Å². The highest BCUT2D eigenvalue weighted by molar-refractivity contribution is 7.91. The number of carbonyl (C=O) groups excluding carboxylic acids is 1. The molecule has 0 aliphatic carbocycles. The van der Waals surface area contributed by atoms with Gasteiger partial charge in [0.2, 0.25) is 5.91 Å². The van der Waals surface area contributed by atoms with Crippen molar-refractivity contribution >= 4 is 22.0 Å². The summed E-state index contributed by atoms with van der Waals surface area (Å²) in [5.41, 5.74) is 3.25. The summed E-state index contributed by atoms with van der Waals surface area (Å²) in [6, 6.07) is 9.34. The molecule has 0 bridgehead atoms. The third-order valence-corrected chi connectivity index (χ3v) is 4.56. The number of hydrazone groups is 1. The second-order valence-corrected chi connectivity index (χ2v) is 6.47. The van der Waals surface area contributed by atoms with Crippen LogP contribution >= 0.6 is 0 Å². The Morgan fingerprint density at radius 1 is 1.33 bits per heavy atom. The molecule has 0 radical (unpaired) electrons. The van der Waals surface area contributed by atoms with E-state index < -0.39 is 15.8 Å². The molecule has 0 saturated carbocycles. The highest BCUT2D eigenvalue weighted by Gasteiger charge is 2.32. The van der Waals surface area contributed by atoms with Gasteiger partial charge in [0.25, 0.3) is 0 Å². The van der Waals surface area contributed by atoms with E-state index in [9.17, 15) is 13.2 Å². The smallest absolute Gasteiger partial charge is 0.244 e. The van der Waals surface area contributed by atoms with Crippen molar-refractivity contribution in [2.45, 2.75) is 6.42 Å². The molecule has 1 aliphatic rings. The van der Waals surface area contributed by atoms with Crippen molar-refractivity contribution in [2.75, 3.05) is 11.5 Å². The van der Waals surface area contributed by atoms with Crippen molar-refractivity contribution in [3.05, 3.63) is 35.9 Å². The van der Waals surface area contributed by atoms with Crippen LogP contribution in [0.5, 0.6) is 0 Å². The number of benzene rings is 1. The van der Waals surface area contributed by atoms with Crippen molar-refractivity contribution < 1.29 is 13.2 Å². The monoisotopic (exact) mass is 266 g/mol. The molecule has 6 heteroatoms. The van der Waals surface area contributed by atoms with Gasteiger partial charge >= 0.3 is 0 Å². The van der Waals surface area contributed by atoms with Gasteiger partial charge in [-0.1, -0.05) is 30.3 Å². The molecule has 0 spiro atoms. The zero-order valence-electron chi connectivity index (χ0n) is 9.74. The lowest BCUT2D eigenvalue weighted by Crippen LogP contribution is -2.27. The van der Waals surface area contributed by atoms with E-state index in [1.54, 1.807) is 0 Å². The Bertz CT molecular complexity index is 552. The molecule has 1 atom stereocenters. The van der Waals surface area contributed by atoms with Gasteiger partial charge in [-0.3, -0.25) is 4.79 Å². The lowest BCUT2D eigenvalue weighted by Gasteiger charge is -2.04. The second kappa shape index (κ2) is 5.30. The maximum Gasteiger partial charge on any atom is 0.244 e. The van der Waals surface area contributed by atoms with Crippen LogP contribution in [0.15, 0.2) is 35.4 Å². The first kappa shape index (κ1) is 12.8. The number of nitrogens with one attached hydrogen (secondary N) is 1. The third kappa shape index (κ3) is 3.40. The largest absolute Gasteiger partial charge is 0.273 e. The molecule has 1 saturated heterocycles. The molecular weight excluding hydrogens is 252 g/mol. The summed E-state index contributed by atoms with van der Waals surface area (Å²) < 4.78 is 22.4. The molecule has 1 heterocycles. The molecule has 1 aliphatic heterocycles. The Hall–Kier alpha value is -1.69. The Balaban J connectivity index is 1.88. The summed E-state index contributed by atoms with van der Waals surface area (Å²) in [6.45, 7) is 0. The van der Waals surface area contributed by atoms with Gasteiger partial charge in [0.15, 0.2) is 9.84 Å². The number of carbonyl (C=O) groups is 1. The van der Waals surface area contributed by atoms with Gasteiger partial charge in [0, 0.05) is 0 Å². The summed E-state index contributed by atoms with van der Waals surface area (Å²) in [7, 11) is -3.03.